The second-order valence-electron chi connectivity index (χ2n) is 4.72. The SMILES string of the molecule is O=C(Nc1cccc2cc[nH]c12)C1CCCC1. The van der Waals surface area contributed by atoms with E-state index < -0.39 is 0 Å². The molecule has 1 aromatic carbocycles. The van der Waals surface area contributed by atoms with Crippen molar-refractivity contribution in [1.82, 2.24) is 4.98 Å². The Morgan fingerprint density at radius 1 is 1.24 bits per heavy atom. The van der Waals surface area contributed by atoms with Gasteiger partial charge in [0.1, 0.15) is 0 Å². The number of anilines is 1. The zero-order valence-corrected chi connectivity index (χ0v) is 9.70. The standard InChI is InChI=1S/C14H16N2O/c17-14(11-4-1-2-5-11)16-12-7-3-6-10-8-9-15-13(10)12/h3,6-9,11,15H,1-2,4-5H2,(H,16,17). The summed E-state index contributed by atoms with van der Waals surface area (Å²) in [6.07, 6.45) is 6.34. The molecule has 1 fully saturated rings. The lowest BCUT2D eigenvalue weighted by molar-refractivity contribution is -0.119. The van der Waals surface area contributed by atoms with Crippen LogP contribution in [0, 0.1) is 5.92 Å². The van der Waals surface area contributed by atoms with Crippen LogP contribution in [-0.2, 0) is 4.79 Å². The number of benzene rings is 1. The number of rotatable bonds is 2. The Hall–Kier alpha value is -1.77. The van der Waals surface area contributed by atoms with E-state index in [4.69, 9.17) is 0 Å². The largest absolute Gasteiger partial charge is 0.359 e. The quantitative estimate of drug-likeness (QED) is 0.813. The highest BCUT2D eigenvalue weighted by molar-refractivity contribution is 6.01. The smallest absolute Gasteiger partial charge is 0.227 e. The minimum atomic E-state index is 0.171. The van der Waals surface area contributed by atoms with E-state index in [1.807, 2.05) is 30.5 Å². The molecular formula is C14H16N2O. The minimum Gasteiger partial charge on any atom is -0.359 e. The third-order valence-electron chi connectivity index (χ3n) is 3.57. The molecule has 1 heterocycles. The maximum atomic E-state index is 12.1. The van der Waals surface area contributed by atoms with Crippen molar-refractivity contribution in [3.05, 3.63) is 30.5 Å². The highest BCUT2D eigenvalue weighted by Crippen LogP contribution is 2.27. The number of aromatic nitrogens is 1. The predicted molar refractivity (Wildman–Crippen MR) is 68.9 cm³/mol. The van der Waals surface area contributed by atoms with Crippen LogP contribution in [-0.4, -0.2) is 10.9 Å². The van der Waals surface area contributed by atoms with Crippen LogP contribution in [0.4, 0.5) is 5.69 Å². The Bertz CT molecular complexity index is 538. The van der Waals surface area contributed by atoms with Gasteiger partial charge in [0.05, 0.1) is 11.2 Å². The van der Waals surface area contributed by atoms with E-state index in [0.29, 0.717) is 0 Å². The molecule has 0 unspecified atom stereocenters. The van der Waals surface area contributed by atoms with E-state index >= 15 is 0 Å². The molecule has 2 aromatic rings. The Morgan fingerprint density at radius 2 is 2.06 bits per heavy atom. The van der Waals surface area contributed by atoms with Crippen LogP contribution < -0.4 is 5.32 Å². The number of carbonyl (C=O) groups excluding carboxylic acids is 1. The van der Waals surface area contributed by atoms with Gasteiger partial charge in [0.2, 0.25) is 5.91 Å². The van der Waals surface area contributed by atoms with E-state index in [9.17, 15) is 4.79 Å². The molecule has 1 amide bonds. The summed E-state index contributed by atoms with van der Waals surface area (Å²) in [5.74, 6) is 0.379. The van der Waals surface area contributed by atoms with E-state index in [1.54, 1.807) is 0 Å². The predicted octanol–water partition coefficient (Wildman–Crippen LogP) is 3.30. The van der Waals surface area contributed by atoms with Crippen molar-refractivity contribution >= 4 is 22.5 Å². The number of amides is 1. The Balaban J connectivity index is 1.84. The lowest BCUT2D eigenvalue weighted by Gasteiger charge is -2.11. The molecule has 0 radical (unpaired) electrons. The van der Waals surface area contributed by atoms with Crippen LogP contribution in [0.3, 0.4) is 0 Å². The second-order valence-corrected chi connectivity index (χ2v) is 4.72. The highest BCUT2D eigenvalue weighted by Gasteiger charge is 2.22. The van der Waals surface area contributed by atoms with Gasteiger partial charge in [-0.25, -0.2) is 0 Å². The first-order chi connectivity index (χ1) is 8.34. The highest BCUT2D eigenvalue weighted by atomic mass is 16.1. The Kier molecular flexibility index (Phi) is 2.59. The first-order valence-electron chi connectivity index (χ1n) is 6.21. The molecule has 17 heavy (non-hydrogen) atoms. The first kappa shape index (κ1) is 10.4. The second kappa shape index (κ2) is 4.24. The van der Waals surface area contributed by atoms with Gasteiger partial charge in [0.15, 0.2) is 0 Å². The molecule has 88 valence electrons. The molecule has 2 N–H and O–H groups in total. The van der Waals surface area contributed by atoms with Crippen LogP contribution in [0.2, 0.25) is 0 Å². The fourth-order valence-electron chi connectivity index (χ4n) is 2.61. The summed E-state index contributed by atoms with van der Waals surface area (Å²) >= 11 is 0. The van der Waals surface area contributed by atoms with Gasteiger partial charge in [0, 0.05) is 17.5 Å². The number of hydrogen-bond acceptors (Lipinski definition) is 1. The van der Waals surface area contributed by atoms with Crippen molar-refractivity contribution < 1.29 is 4.79 Å². The molecule has 0 atom stereocenters. The van der Waals surface area contributed by atoms with Crippen molar-refractivity contribution in [3.63, 3.8) is 0 Å². The van der Waals surface area contributed by atoms with Crippen LogP contribution in [0.5, 0.6) is 0 Å². The summed E-state index contributed by atoms with van der Waals surface area (Å²) < 4.78 is 0. The summed E-state index contributed by atoms with van der Waals surface area (Å²) in [7, 11) is 0. The molecule has 3 heteroatoms. The number of H-pyrrole nitrogens is 1. The third kappa shape index (κ3) is 1.93. The lowest BCUT2D eigenvalue weighted by Crippen LogP contribution is -2.20. The zero-order chi connectivity index (χ0) is 11.7. The minimum absolute atomic E-state index is 0.171. The van der Waals surface area contributed by atoms with Gasteiger partial charge in [-0.1, -0.05) is 25.0 Å². The summed E-state index contributed by atoms with van der Waals surface area (Å²) in [6.45, 7) is 0. The molecule has 0 aliphatic heterocycles. The summed E-state index contributed by atoms with van der Waals surface area (Å²) in [5.41, 5.74) is 1.91. The molecule has 0 spiro atoms. The van der Waals surface area contributed by atoms with Crippen LogP contribution in [0.1, 0.15) is 25.7 Å². The van der Waals surface area contributed by atoms with Gasteiger partial charge < -0.3 is 10.3 Å². The normalized spacial score (nSPS) is 16.5. The monoisotopic (exact) mass is 228 g/mol. The molecule has 0 bridgehead atoms. The number of fused-ring (bicyclic) bond motifs is 1. The van der Waals surface area contributed by atoms with Gasteiger partial charge in [-0.2, -0.15) is 0 Å². The molecule has 3 nitrogen and oxygen atoms in total. The van der Waals surface area contributed by atoms with E-state index in [0.717, 1.165) is 29.4 Å². The number of aromatic amines is 1. The Morgan fingerprint density at radius 3 is 2.88 bits per heavy atom. The van der Waals surface area contributed by atoms with Crippen LogP contribution >= 0.6 is 0 Å². The number of nitrogens with one attached hydrogen (secondary N) is 2. The van der Waals surface area contributed by atoms with Gasteiger partial charge in [0.25, 0.3) is 0 Å². The van der Waals surface area contributed by atoms with Crippen molar-refractivity contribution in [2.75, 3.05) is 5.32 Å². The lowest BCUT2D eigenvalue weighted by atomic mass is 10.1. The zero-order valence-electron chi connectivity index (χ0n) is 9.70. The fraction of sp³-hybridized carbons (Fsp3) is 0.357. The van der Waals surface area contributed by atoms with E-state index in [2.05, 4.69) is 10.3 Å². The van der Waals surface area contributed by atoms with Gasteiger partial charge in [-0.15, -0.1) is 0 Å². The average molecular weight is 228 g/mol. The number of para-hydroxylation sites is 1. The summed E-state index contributed by atoms with van der Waals surface area (Å²) in [6, 6.07) is 7.98. The molecule has 1 saturated carbocycles. The molecule has 1 aliphatic carbocycles. The van der Waals surface area contributed by atoms with Gasteiger partial charge in [-0.05, 0) is 25.0 Å². The van der Waals surface area contributed by atoms with Crippen molar-refractivity contribution in [2.24, 2.45) is 5.92 Å². The van der Waals surface area contributed by atoms with Gasteiger partial charge in [-0.3, -0.25) is 4.79 Å². The van der Waals surface area contributed by atoms with Crippen molar-refractivity contribution in [1.29, 1.82) is 0 Å². The fourth-order valence-corrected chi connectivity index (χ4v) is 2.61. The van der Waals surface area contributed by atoms with E-state index in [1.165, 1.54) is 12.8 Å². The number of carbonyl (C=O) groups is 1. The average Bonchev–Trinajstić information content (AvgIpc) is 3.00. The molecule has 1 aromatic heterocycles. The summed E-state index contributed by atoms with van der Waals surface area (Å²) in [5, 5.41) is 4.18. The maximum Gasteiger partial charge on any atom is 0.227 e. The van der Waals surface area contributed by atoms with Crippen molar-refractivity contribution in [3.8, 4) is 0 Å². The molecule has 3 rings (SSSR count). The summed E-state index contributed by atoms with van der Waals surface area (Å²) in [4.78, 5) is 15.2. The Labute approximate surface area is 100 Å². The molecular weight excluding hydrogens is 212 g/mol. The third-order valence-corrected chi connectivity index (χ3v) is 3.57. The van der Waals surface area contributed by atoms with Gasteiger partial charge >= 0.3 is 0 Å². The van der Waals surface area contributed by atoms with Crippen molar-refractivity contribution in [2.45, 2.75) is 25.7 Å². The molecule has 1 aliphatic rings. The molecule has 0 saturated heterocycles. The maximum absolute atomic E-state index is 12.1. The van der Waals surface area contributed by atoms with E-state index in [-0.39, 0.29) is 11.8 Å². The van der Waals surface area contributed by atoms with Crippen LogP contribution in [0.25, 0.3) is 10.9 Å². The van der Waals surface area contributed by atoms with Crippen LogP contribution in [0.15, 0.2) is 30.5 Å². The topological polar surface area (TPSA) is 44.9 Å². The number of hydrogen-bond donors (Lipinski definition) is 2. The first-order valence-corrected chi connectivity index (χ1v) is 6.21.